The van der Waals surface area contributed by atoms with E-state index in [4.69, 9.17) is 0 Å². The van der Waals surface area contributed by atoms with Crippen molar-refractivity contribution in [2.24, 2.45) is 7.05 Å². The lowest BCUT2D eigenvalue weighted by Crippen LogP contribution is -2.51. The number of piperazine rings is 1. The van der Waals surface area contributed by atoms with Crippen molar-refractivity contribution < 1.29 is 9.59 Å². The maximum atomic E-state index is 11.3. The summed E-state index contributed by atoms with van der Waals surface area (Å²) >= 11 is 3.52. The third-order valence-corrected chi connectivity index (χ3v) is 3.80. The molecule has 1 N–H and O–H groups in total. The second-order valence-corrected chi connectivity index (χ2v) is 5.09. The van der Waals surface area contributed by atoms with E-state index in [1.165, 1.54) is 0 Å². The van der Waals surface area contributed by atoms with Crippen molar-refractivity contribution in [2.45, 2.75) is 19.9 Å². The van der Waals surface area contributed by atoms with E-state index in [0.717, 1.165) is 22.3 Å². The zero-order valence-corrected chi connectivity index (χ0v) is 12.0. The van der Waals surface area contributed by atoms with Crippen molar-refractivity contribution in [3.05, 3.63) is 15.9 Å². The SMILES string of the molecule is CCc1nn(C)c(CN2CC(=O)NC(=O)C2)c1Br. The molecule has 2 amide bonds. The van der Waals surface area contributed by atoms with Crippen LogP contribution in [-0.4, -0.2) is 39.6 Å². The quantitative estimate of drug-likeness (QED) is 0.810. The number of carbonyl (C=O) groups is 2. The van der Waals surface area contributed by atoms with E-state index in [-0.39, 0.29) is 24.9 Å². The third kappa shape index (κ3) is 2.62. The molecule has 1 aromatic rings. The van der Waals surface area contributed by atoms with Crippen molar-refractivity contribution in [2.75, 3.05) is 13.1 Å². The summed E-state index contributed by atoms with van der Waals surface area (Å²) in [5.41, 5.74) is 1.97. The van der Waals surface area contributed by atoms with Crippen LogP contribution in [0.1, 0.15) is 18.3 Å². The lowest BCUT2D eigenvalue weighted by molar-refractivity contribution is -0.136. The van der Waals surface area contributed by atoms with Gasteiger partial charge in [-0.05, 0) is 22.4 Å². The van der Waals surface area contributed by atoms with E-state index < -0.39 is 0 Å². The molecule has 2 heterocycles. The second kappa shape index (κ2) is 5.19. The highest BCUT2D eigenvalue weighted by molar-refractivity contribution is 9.10. The molecule has 1 aliphatic heterocycles. The van der Waals surface area contributed by atoms with E-state index in [9.17, 15) is 9.59 Å². The molecule has 0 atom stereocenters. The molecule has 0 unspecified atom stereocenters. The van der Waals surface area contributed by atoms with Gasteiger partial charge in [0.25, 0.3) is 0 Å². The summed E-state index contributed by atoms with van der Waals surface area (Å²) in [4.78, 5) is 24.4. The largest absolute Gasteiger partial charge is 0.294 e. The second-order valence-electron chi connectivity index (χ2n) is 4.30. The standard InChI is InChI=1S/C11H15BrN4O2/c1-3-7-11(12)8(15(2)14-7)4-16-5-9(17)13-10(18)6-16/h3-6H2,1-2H3,(H,13,17,18). The summed E-state index contributed by atoms with van der Waals surface area (Å²) in [7, 11) is 1.87. The Morgan fingerprint density at radius 1 is 1.33 bits per heavy atom. The molecule has 98 valence electrons. The topological polar surface area (TPSA) is 67.2 Å². The van der Waals surface area contributed by atoms with E-state index in [2.05, 4.69) is 26.3 Å². The molecule has 1 saturated heterocycles. The van der Waals surface area contributed by atoms with Gasteiger partial charge >= 0.3 is 0 Å². The van der Waals surface area contributed by atoms with Crippen LogP contribution in [-0.2, 0) is 29.6 Å². The number of imide groups is 1. The molecule has 1 aliphatic rings. The van der Waals surface area contributed by atoms with Gasteiger partial charge in [-0.3, -0.25) is 24.5 Å². The summed E-state index contributed by atoms with van der Waals surface area (Å²) < 4.78 is 2.76. The predicted octanol–water partition coefficient (Wildman–Crippen LogP) is 0.203. The summed E-state index contributed by atoms with van der Waals surface area (Å²) in [5, 5.41) is 6.68. The monoisotopic (exact) mass is 314 g/mol. The third-order valence-electron chi connectivity index (χ3n) is 2.89. The molecule has 7 heteroatoms. The number of rotatable bonds is 3. The summed E-state index contributed by atoms with van der Waals surface area (Å²) in [6.45, 7) is 3.05. The van der Waals surface area contributed by atoms with Gasteiger partial charge in [0.05, 0.1) is 29.0 Å². The average molecular weight is 315 g/mol. The number of aromatic nitrogens is 2. The van der Waals surface area contributed by atoms with E-state index >= 15 is 0 Å². The van der Waals surface area contributed by atoms with Crippen molar-refractivity contribution >= 4 is 27.7 Å². The van der Waals surface area contributed by atoms with Crippen LogP contribution in [0.25, 0.3) is 0 Å². The fourth-order valence-electron chi connectivity index (χ4n) is 2.01. The van der Waals surface area contributed by atoms with E-state index in [1.807, 2.05) is 18.9 Å². The fraction of sp³-hybridized carbons (Fsp3) is 0.545. The van der Waals surface area contributed by atoms with Crippen LogP contribution >= 0.6 is 15.9 Å². The predicted molar refractivity (Wildman–Crippen MR) is 68.7 cm³/mol. The zero-order chi connectivity index (χ0) is 13.3. The lowest BCUT2D eigenvalue weighted by Gasteiger charge is -2.25. The van der Waals surface area contributed by atoms with Gasteiger partial charge in [0.15, 0.2) is 0 Å². The Bertz CT molecular complexity index is 481. The van der Waals surface area contributed by atoms with Crippen molar-refractivity contribution in [3.8, 4) is 0 Å². The molecule has 0 bridgehead atoms. The van der Waals surface area contributed by atoms with Gasteiger partial charge in [-0.2, -0.15) is 5.10 Å². The molecular formula is C11H15BrN4O2. The Labute approximate surface area is 113 Å². The molecule has 0 aliphatic carbocycles. The Morgan fingerprint density at radius 3 is 2.44 bits per heavy atom. The Balaban J connectivity index is 2.16. The Morgan fingerprint density at radius 2 is 1.94 bits per heavy atom. The van der Waals surface area contributed by atoms with Crippen LogP contribution in [0.4, 0.5) is 0 Å². The first-order valence-corrected chi connectivity index (χ1v) is 6.55. The molecule has 2 rings (SSSR count). The summed E-state index contributed by atoms with van der Waals surface area (Å²) in [6, 6.07) is 0. The van der Waals surface area contributed by atoms with Crippen molar-refractivity contribution in [1.29, 1.82) is 0 Å². The Kier molecular flexibility index (Phi) is 3.82. The highest BCUT2D eigenvalue weighted by Crippen LogP contribution is 2.23. The number of hydrogen-bond donors (Lipinski definition) is 1. The van der Waals surface area contributed by atoms with Gasteiger partial charge < -0.3 is 0 Å². The molecule has 0 spiro atoms. The molecule has 0 aromatic carbocycles. The number of halogens is 1. The molecule has 1 fully saturated rings. The minimum Gasteiger partial charge on any atom is -0.294 e. The normalized spacial score (nSPS) is 17.1. The van der Waals surface area contributed by atoms with E-state index in [1.54, 1.807) is 4.68 Å². The highest BCUT2D eigenvalue weighted by atomic mass is 79.9. The first-order chi connectivity index (χ1) is 8.51. The number of carbonyl (C=O) groups excluding carboxylic acids is 2. The van der Waals surface area contributed by atoms with Crippen LogP contribution in [0.5, 0.6) is 0 Å². The van der Waals surface area contributed by atoms with Crippen LogP contribution in [0.3, 0.4) is 0 Å². The summed E-state index contributed by atoms with van der Waals surface area (Å²) in [5.74, 6) is -0.500. The minimum absolute atomic E-state index is 0.241. The molecule has 0 radical (unpaired) electrons. The van der Waals surface area contributed by atoms with Crippen LogP contribution in [0, 0.1) is 0 Å². The van der Waals surface area contributed by atoms with Crippen LogP contribution in [0.2, 0.25) is 0 Å². The van der Waals surface area contributed by atoms with Gasteiger partial charge in [0.2, 0.25) is 11.8 Å². The zero-order valence-electron chi connectivity index (χ0n) is 10.4. The summed E-state index contributed by atoms with van der Waals surface area (Å²) in [6.07, 6.45) is 0.841. The number of nitrogens with zero attached hydrogens (tertiary/aromatic N) is 3. The fourth-order valence-corrected chi connectivity index (χ4v) is 2.75. The van der Waals surface area contributed by atoms with Gasteiger partial charge in [-0.15, -0.1) is 0 Å². The van der Waals surface area contributed by atoms with Crippen LogP contribution < -0.4 is 5.32 Å². The Hall–Kier alpha value is -1.21. The molecule has 18 heavy (non-hydrogen) atoms. The highest BCUT2D eigenvalue weighted by Gasteiger charge is 2.24. The lowest BCUT2D eigenvalue weighted by atomic mass is 10.2. The number of amides is 2. The minimum atomic E-state index is -0.250. The first kappa shape index (κ1) is 13.2. The van der Waals surface area contributed by atoms with E-state index in [0.29, 0.717) is 6.54 Å². The number of hydrogen-bond acceptors (Lipinski definition) is 4. The molecule has 1 aromatic heterocycles. The molecular weight excluding hydrogens is 300 g/mol. The maximum Gasteiger partial charge on any atom is 0.240 e. The first-order valence-electron chi connectivity index (χ1n) is 5.76. The average Bonchev–Trinajstić information content (AvgIpc) is 2.55. The number of nitrogens with one attached hydrogen (secondary N) is 1. The van der Waals surface area contributed by atoms with Crippen LogP contribution in [0.15, 0.2) is 4.47 Å². The van der Waals surface area contributed by atoms with Gasteiger partial charge in [-0.25, -0.2) is 0 Å². The molecule has 0 saturated carbocycles. The van der Waals surface area contributed by atoms with Crippen molar-refractivity contribution in [1.82, 2.24) is 20.0 Å². The number of aryl methyl sites for hydroxylation is 2. The van der Waals surface area contributed by atoms with Crippen molar-refractivity contribution in [3.63, 3.8) is 0 Å². The van der Waals surface area contributed by atoms with Gasteiger partial charge in [0.1, 0.15) is 0 Å². The maximum absolute atomic E-state index is 11.3. The van der Waals surface area contributed by atoms with Gasteiger partial charge in [-0.1, -0.05) is 6.92 Å². The smallest absolute Gasteiger partial charge is 0.240 e. The molecule has 6 nitrogen and oxygen atoms in total. The van der Waals surface area contributed by atoms with Gasteiger partial charge in [0, 0.05) is 13.6 Å².